The van der Waals surface area contributed by atoms with E-state index in [9.17, 15) is 14.4 Å². The highest BCUT2D eigenvalue weighted by molar-refractivity contribution is 6.39. The van der Waals surface area contributed by atoms with Gasteiger partial charge in [0.25, 0.3) is 11.8 Å². The topological polar surface area (TPSA) is 104 Å². The molecule has 0 bridgehead atoms. The summed E-state index contributed by atoms with van der Waals surface area (Å²) in [5.41, 5.74) is 5.61. The van der Waals surface area contributed by atoms with Crippen LogP contribution in [0.5, 0.6) is 0 Å². The van der Waals surface area contributed by atoms with Crippen LogP contribution in [-0.2, 0) is 16.0 Å². The first-order valence-electron chi connectivity index (χ1n) is 8.90. The molecule has 3 heterocycles. The molecule has 0 saturated heterocycles. The first kappa shape index (κ1) is 17.7. The number of nitrogens with zero attached hydrogens (tertiary/aromatic N) is 1. The van der Waals surface area contributed by atoms with Crippen molar-refractivity contribution < 1.29 is 14.4 Å². The Labute approximate surface area is 161 Å². The highest BCUT2D eigenvalue weighted by Gasteiger charge is 2.20. The summed E-state index contributed by atoms with van der Waals surface area (Å²) in [5, 5.41) is 5.38. The molecule has 2 aromatic heterocycles. The highest BCUT2D eigenvalue weighted by Crippen LogP contribution is 2.27. The van der Waals surface area contributed by atoms with Crippen molar-refractivity contribution >= 4 is 23.3 Å². The van der Waals surface area contributed by atoms with Gasteiger partial charge in [-0.15, -0.1) is 0 Å². The molecule has 7 nitrogen and oxygen atoms in total. The van der Waals surface area contributed by atoms with Crippen LogP contribution in [0.15, 0.2) is 48.7 Å². The number of benzene rings is 1. The molecule has 3 N–H and O–H groups in total. The lowest BCUT2D eigenvalue weighted by Crippen LogP contribution is -2.31. The van der Waals surface area contributed by atoms with Crippen LogP contribution in [0, 0.1) is 0 Å². The van der Waals surface area contributed by atoms with E-state index in [1.54, 1.807) is 18.3 Å². The number of pyridine rings is 1. The van der Waals surface area contributed by atoms with E-state index in [-0.39, 0.29) is 5.91 Å². The number of carbonyl (C=O) groups is 3. The molecule has 0 saturated carbocycles. The van der Waals surface area contributed by atoms with Crippen molar-refractivity contribution in [2.24, 2.45) is 0 Å². The quantitative estimate of drug-likeness (QED) is 0.611. The van der Waals surface area contributed by atoms with Gasteiger partial charge in [0.05, 0.1) is 11.3 Å². The van der Waals surface area contributed by atoms with Gasteiger partial charge in [-0.25, -0.2) is 0 Å². The molecule has 0 spiro atoms. The number of hydrogen-bond donors (Lipinski definition) is 3. The van der Waals surface area contributed by atoms with Gasteiger partial charge < -0.3 is 15.6 Å². The number of aromatic amines is 1. The van der Waals surface area contributed by atoms with Gasteiger partial charge in [-0.1, -0.05) is 12.1 Å². The Kier molecular flexibility index (Phi) is 4.49. The third-order valence-corrected chi connectivity index (χ3v) is 4.63. The number of aromatic nitrogens is 2. The number of Topliss-reactive ketones (excluding diaryl/α,β-unsaturated/α-hetero) is 1. The summed E-state index contributed by atoms with van der Waals surface area (Å²) < 4.78 is 0. The number of H-pyrrole nitrogens is 1. The predicted octanol–water partition coefficient (Wildman–Crippen LogP) is 2.56. The summed E-state index contributed by atoms with van der Waals surface area (Å²) in [6.07, 6.45) is 2.50. The highest BCUT2D eigenvalue weighted by atomic mass is 16.2. The third-order valence-electron chi connectivity index (χ3n) is 4.63. The minimum absolute atomic E-state index is 0.0544. The zero-order valence-corrected chi connectivity index (χ0v) is 15.2. The maximum atomic E-state index is 12.0. The summed E-state index contributed by atoms with van der Waals surface area (Å²) in [4.78, 5) is 42.2. The van der Waals surface area contributed by atoms with Crippen LogP contribution in [0.25, 0.3) is 22.5 Å². The number of ketones is 1. The Hall–Kier alpha value is -3.74. The van der Waals surface area contributed by atoms with Crippen molar-refractivity contribution in [1.29, 1.82) is 0 Å². The van der Waals surface area contributed by atoms with Gasteiger partial charge >= 0.3 is 0 Å². The minimum atomic E-state index is -0.646. The van der Waals surface area contributed by atoms with Gasteiger partial charge in [0.15, 0.2) is 0 Å². The average Bonchev–Trinajstić information content (AvgIpc) is 3.14. The second kappa shape index (κ2) is 7.11. The van der Waals surface area contributed by atoms with Crippen LogP contribution in [0.3, 0.4) is 0 Å². The minimum Gasteiger partial charge on any atom is -0.358 e. The molecule has 1 aliphatic heterocycles. The molecule has 0 atom stereocenters. The van der Waals surface area contributed by atoms with E-state index >= 15 is 0 Å². The van der Waals surface area contributed by atoms with Crippen molar-refractivity contribution in [1.82, 2.24) is 15.3 Å². The molecule has 0 unspecified atom stereocenters. The molecule has 0 radical (unpaired) electrons. The molecule has 0 aliphatic carbocycles. The number of carbonyl (C=O) groups excluding carboxylic acids is 3. The maximum absolute atomic E-state index is 12.0. The molecular formula is C21H18N4O3. The van der Waals surface area contributed by atoms with E-state index in [0.717, 1.165) is 34.6 Å². The van der Waals surface area contributed by atoms with Gasteiger partial charge in [-0.05, 0) is 30.3 Å². The fourth-order valence-corrected chi connectivity index (χ4v) is 3.15. The average molecular weight is 374 g/mol. The Bertz CT molecular complexity index is 1080. The number of fused-ring (bicyclic) bond motifs is 1. The van der Waals surface area contributed by atoms with E-state index in [1.807, 2.05) is 30.3 Å². The SMILES string of the molecule is CC(=O)C(=O)Nc1ccc(-c2cc(-c3cc4c([nH]3)CCNC4=O)ccn2)cc1. The zero-order valence-electron chi connectivity index (χ0n) is 15.2. The third kappa shape index (κ3) is 3.42. The van der Waals surface area contributed by atoms with Crippen LogP contribution >= 0.6 is 0 Å². The van der Waals surface area contributed by atoms with Crippen molar-refractivity contribution in [2.75, 3.05) is 11.9 Å². The first-order chi connectivity index (χ1) is 13.5. The molecule has 3 aromatic rings. The summed E-state index contributed by atoms with van der Waals surface area (Å²) in [6, 6.07) is 12.8. The normalized spacial score (nSPS) is 12.8. The number of nitrogens with one attached hydrogen (secondary N) is 3. The van der Waals surface area contributed by atoms with Gasteiger partial charge in [0, 0.05) is 54.3 Å². The second-order valence-corrected chi connectivity index (χ2v) is 6.60. The number of amides is 2. The number of hydrogen-bond acceptors (Lipinski definition) is 4. The Balaban J connectivity index is 1.60. The van der Waals surface area contributed by atoms with E-state index in [1.165, 1.54) is 6.92 Å². The van der Waals surface area contributed by atoms with Gasteiger partial charge in [-0.3, -0.25) is 19.4 Å². The predicted molar refractivity (Wildman–Crippen MR) is 105 cm³/mol. The molecular weight excluding hydrogens is 356 g/mol. The summed E-state index contributed by atoms with van der Waals surface area (Å²) in [6.45, 7) is 1.86. The van der Waals surface area contributed by atoms with Gasteiger partial charge in [-0.2, -0.15) is 0 Å². The molecule has 7 heteroatoms. The van der Waals surface area contributed by atoms with E-state index in [4.69, 9.17) is 0 Å². The van der Waals surface area contributed by atoms with Gasteiger partial charge in [0.2, 0.25) is 5.78 Å². The first-order valence-corrected chi connectivity index (χ1v) is 8.90. The van der Waals surface area contributed by atoms with E-state index < -0.39 is 11.7 Å². The monoisotopic (exact) mass is 374 g/mol. The smallest absolute Gasteiger partial charge is 0.291 e. The van der Waals surface area contributed by atoms with Crippen molar-refractivity contribution in [3.8, 4) is 22.5 Å². The van der Waals surface area contributed by atoms with Crippen LogP contribution < -0.4 is 10.6 Å². The van der Waals surface area contributed by atoms with Crippen LogP contribution in [-0.4, -0.2) is 34.1 Å². The van der Waals surface area contributed by atoms with Crippen molar-refractivity contribution in [2.45, 2.75) is 13.3 Å². The molecule has 0 fully saturated rings. The van der Waals surface area contributed by atoms with E-state index in [0.29, 0.717) is 17.8 Å². The standard InChI is InChI=1S/C21H18N4O3/c1-12(26)20(27)24-15-4-2-13(3-5-15)18-10-14(6-8-22-18)19-11-16-17(25-19)7-9-23-21(16)28/h2-6,8,10-11,25H,7,9H2,1H3,(H,23,28)(H,24,27). The van der Waals surface area contributed by atoms with Crippen LogP contribution in [0.1, 0.15) is 23.0 Å². The molecule has 2 amide bonds. The van der Waals surface area contributed by atoms with Crippen molar-refractivity contribution in [3.05, 3.63) is 59.9 Å². The summed E-state index contributed by atoms with van der Waals surface area (Å²) >= 11 is 0. The van der Waals surface area contributed by atoms with Crippen molar-refractivity contribution in [3.63, 3.8) is 0 Å². The number of anilines is 1. The fourth-order valence-electron chi connectivity index (χ4n) is 3.15. The summed E-state index contributed by atoms with van der Waals surface area (Å²) in [7, 11) is 0. The molecule has 1 aromatic carbocycles. The lowest BCUT2D eigenvalue weighted by molar-refractivity contribution is -0.133. The largest absolute Gasteiger partial charge is 0.358 e. The second-order valence-electron chi connectivity index (χ2n) is 6.60. The molecule has 28 heavy (non-hydrogen) atoms. The lowest BCUT2D eigenvalue weighted by Gasteiger charge is -2.11. The van der Waals surface area contributed by atoms with E-state index in [2.05, 4.69) is 20.6 Å². The molecule has 1 aliphatic rings. The Morgan fingerprint density at radius 2 is 1.86 bits per heavy atom. The maximum Gasteiger partial charge on any atom is 0.291 e. The lowest BCUT2D eigenvalue weighted by atomic mass is 10.1. The Morgan fingerprint density at radius 3 is 2.57 bits per heavy atom. The zero-order chi connectivity index (χ0) is 19.7. The molecule has 140 valence electrons. The van der Waals surface area contributed by atoms with Crippen LogP contribution in [0.4, 0.5) is 5.69 Å². The fraction of sp³-hybridized carbons (Fsp3) is 0.143. The van der Waals surface area contributed by atoms with Crippen LogP contribution in [0.2, 0.25) is 0 Å². The Morgan fingerprint density at radius 1 is 1.07 bits per heavy atom. The number of rotatable bonds is 4. The summed E-state index contributed by atoms with van der Waals surface area (Å²) in [5.74, 6) is -1.24. The van der Waals surface area contributed by atoms with Gasteiger partial charge in [0.1, 0.15) is 0 Å². The molecule has 4 rings (SSSR count).